The normalized spacial score (nSPS) is 13.5. The Morgan fingerprint density at radius 3 is 2.46 bits per heavy atom. The highest BCUT2D eigenvalue weighted by Gasteiger charge is 2.11. The lowest BCUT2D eigenvalue weighted by atomic mass is 10.1. The van der Waals surface area contributed by atoms with Crippen molar-refractivity contribution in [1.29, 1.82) is 0 Å². The van der Waals surface area contributed by atoms with Crippen LogP contribution in [0, 0.1) is 6.92 Å². The lowest BCUT2D eigenvalue weighted by Crippen LogP contribution is -1.91. The second-order valence-corrected chi connectivity index (χ2v) is 5.94. The van der Waals surface area contributed by atoms with Gasteiger partial charge in [-0.3, -0.25) is 4.79 Å². The average Bonchev–Trinajstić information content (AvgIpc) is 2.55. The van der Waals surface area contributed by atoms with E-state index in [1.165, 1.54) is 18.2 Å². The molecule has 0 aliphatic heterocycles. The summed E-state index contributed by atoms with van der Waals surface area (Å²) in [4.78, 5) is 10.3. The van der Waals surface area contributed by atoms with Crippen molar-refractivity contribution in [3.05, 3.63) is 68.5 Å². The summed E-state index contributed by atoms with van der Waals surface area (Å²) >= 11 is 12.5. The zero-order valence-electron chi connectivity index (χ0n) is 14.0. The Hall–Kier alpha value is -1.84. The zero-order chi connectivity index (χ0) is 18.3. The van der Waals surface area contributed by atoms with Gasteiger partial charge in [-0.15, -0.1) is 0 Å². The first-order chi connectivity index (χ1) is 11.3. The Bertz CT molecular complexity index is 744. The van der Waals surface area contributed by atoms with Crippen LogP contribution < -0.4 is 4.74 Å². The van der Waals surface area contributed by atoms with Gasteiger partial charge in [-0.25, -0.2) is 4.39 Å². The fourth-order valence-electron chi connectivity index (χ4n) is 1.87. The van der Waals surface area contributed by atoms with Crippen molar-refractivity contribution in [3.63, 3.8) is 0 Å². The van der Waals surface area contributed by atoms with Gasteiger partial charge in [0, 0.05) is 11.1 Å². The Balaban J connectivity index is 3.12. The Kier molecular flexibility index (Phi) is 7.96. The van der Waals surface area contributed by atoms with Gasteiger partial charge in [0.15, 0.2) is 0 Å². The number of aldehydes is 1. The maximum absolute atomic E-state index is 14.0. The number of rotatable bonds is 6. The molecule has 0 N–H and O–H groups in total. The minimum absolute atomic E-state index is 0.408. The van der Waals surface area contributed by atoms with Crippen LogP contribution in [0.1, 0.15) is 25.0 Å². The van der Waals surface area contributed by atoms with Crippen molar-refractivity contribution < 1.29 is 13.9 Å². The number of carbonyl (C=O) groups excluding carboxylic acids is 1. The van der Waals surface area contributed by atoms with E-state index in [9.17, 15) is 9.18 Å². The molecule has 0 amide bonds. The summed E-state index contributed by atoms with van der Waals surface area (Å²) in [5.41, 5.74) is 2.43. The topological polar surface area (TPSA) is 26.3 Å². The molecule has 0 fully saturated rings. The number of hydrogen-bond acceptors (Lipinski definition) is 2. The number of benzene rings is 1. The molecule has 0 saturated heterocycles. The fourth-order valence-corrected chi connectivity index (χ4v) is 2.43. The second-order valence-electron chi connectivity index (χ2n) is 5.16. The van der Waals surface area contributed by atoms with Crippen LogP contribution in [0.15, 0.2) is 47.3 Å². The van der Waals surface area contributed by atoms with E-state index in [1.807, 2.05) is 6.92 Å². The molecule has 24 heavy (non-hydrogen) atoms. The molecule has 1 aromatic carbocycles. The molecule has 0 heterocycles. The van der Waals surface area contributed by atoms with Crippen LogP contribution in [-0.2, 0) is 4.79 Å². The first-order valence-corrected chi connectivity index (χ1v) is 7.94. The average molecular weight is 369 g/mol. The first-order valence-electron chi connectivity index (χ1n) is 7.19. The van der Waals surface area contributed by atoms with Crippen LogP contribution in [0.25, 0.3) is 6.08 Å². The van der Waals surface area contributed by atoms with E-state index in [0.717, 1.165) is 5.56 Å². The highest BCUT2D eigenvalue weighted by Crippen LogP contribution is 2.35. The second kappa shape index (κ2) is 9.45. The molecule has 2 nitrogen and oxygen atoms in total. The van der Waals surface area contributed by atoms with E-state index in [4.69, 9.17) is 27.9 Å². The predicted molar refractivity (Wildman–Crippen MR) is 99.6 cm³/mol. The first kappa shape index (κ1) is 20.2. The summed E-state index contributed by atoms with van der Waals surface area (Å²) in [5.74, 6) is 0.184. The summed E-state index contributed by atoms with van der Waals surface area (Å²) in [5, 5.41) is 0.885. The molecule has 1 aromatic rings. The molecular formula is C19H19Cl2FO2. The van der Waals surface area contributed by atoms with Crippen molar-refractivity contribution in [2.75, 3.05) is 7.11 Å². The van der Waals surface area contributed by atoms with Gasteiger partial charge >= 0.3 is 0 Å². The molecule has 5 heteroatoms. The van der Waals surface area contributed by atoms with Crippen molar-refractivity contribution in [2.45, 2.75) is 20.8 Å². The molecule has 0 aliphatic carbocycles. The quantitative estimate of drug-likeness (QED) is 0.336. The SMILES string of the molecule is COc1cc(Cl)c(C=CC(C)=C(F)C=CC(C)=CC=O)c(Cl)c1C. The molecule has 0 unspecified atom stereocenters. The van der Waals surface area contributed by atoms with Gasteiger partial charge < -0.3 is 4.74 Å². The van der Waals surface area contributed by atoms with E-state index in [0.29, 0.717) is 38.8 Å². The lowest BCUT2D eigenvalue weighted by molar-refractivity contribution is -0.104. The van der Waals surface area contributed by atoms with Crippen molar-refractivity contribution in [3.8, 4) is 5.75 Å². The minimum Gasteiger partial charge on any atom is -0.496 e. The van der Waals surface area contributed by atoms with Crippen LogP contribution in [0.4, 0.5) is 4.39 Å². The monoisotopic (exact) mass is 368 g/mol. The number of ether oxygens (including phenoxy) is 1. The Labute approximate surface area is 151 Å². The lowest BCUT2D eigenvalue weighted by Gasteiger charge is -2.10. The Morgan fingerprint density at radius 2 is 1.88 bits per heavy atom. The van der Waals surface area contributed by atoms with Crippen LogP contribution in [0.5, 0.6) is 5.75 Å². The Morgan fingerprint density at radius 1 is 1.21 bits per heavy atom. The van der Waals surface area contributed by atoms with Crippen molar-refractivity contribution in [2.24, 2.45) is 0 Å². The van der Waals surface area contributed by atoms with E-state index < -0.39 is 5.83 Å². The standard InChI is InChI=1S/C19H19Cl2FO2/c1-12(9-10-23)5-8-17(22)13(2)6-7-15-16(20)11-18(24-4)14(3)19(15)21/h5-11H,1-4H3. The molecule has 0 aromatic heterocycles. The van der Waals surface area contributed by atoms with Gasteiger partial charge in [-0.1, -0.05) is 41.4 Å². The number of hydrogen-bond donors (Lipinski definition) is 0. The van der Waals surface area contributed by atoms with Gasteiger partial charge in [0.05, 0.1) is 17.2 Å². The molecule has 128 valence electrons. The molecule has 0 radical (unpaired) electrons. The van der Waals surface area contributed by atoms with E-state index in [1.54, 1.807) is 39.2 Å². The minimum atomic E-state index is -0.414. The number of methoxy groups -OCH3 is 1. The van der Waals surface area contributed by atoms with E-state index in [2.05, 4.69) is 0 Å². The van der Waals surface area contributed by atoms with E-state index in [-0.39, 0.29) is 0 Å². The van der Waals surface area contributed by atoms with E-state index >= 15 is 0 Å². The van der Waals surface area contributed by atoms with Crippen LogP contribution >= 0.6 is 23.2 Å². The smallest absolute Gasteiger partial charge is 0.143 e. The maximum Gasteiger partial charge on any atom is 0.143 e. The molecule has 0 bridgehead atoms. The number of halogens is 3. The van der Waals surface area contributed by atoms with Gasteiger partial charge in [0.1, 0.15) is 17.9 Å². The van der Waals surface area contributed by atoms with Crippen molar-refractivity contribution >= 4 is 35.6 Å². The van der Waals surface area contributed by atoms with Crippen LogP contribution in [-0.4, -0.2) is 13.4 Å². The largest absolute Gasteiger partial charge is 0.496 e. The molecular weight excluding hydrogens is 350 g/mol. The highest BCUT2D eigenvalue weighted by atomic mass is 35.5. The third-order valence-electron chi connectivity index (χ3n) is 3.37. The van der Waals surface area contributed by atoms with Crippen molar-refractivity contribution in [1.82, 2.24) is 0 Å². The van der Waals surface area contributed by atoms with Gasteiger partial charge in [0.2, 0.25) is 0 Å². The third kappa shape index (κ3) is 5.36. The van der Waals surface area contributed by atoms with Gasteiger partial charge in [-0.05, 0) is 50.1 Å². The molecule has 0 atom stereocenters. The zero-order valence-corrected chi connectivity index (χ0v) is 15.5. The fraction of sp³-hybridized carbons (Fsp3) is 0.211. The van der Waals surface area contributed by atoms with Gasteiger partial charge in [-0.2, -0.15) is 0 Å². The molecule has 0 aliphatic rings. The number of allylic oxidation sites excluding steroid dienone is 7. The summed E-state index contributed by atoms with van der Waals surface area (Å²) in [7, 11) is 1.54. The van der Waals surface area contributed by atoms with Crippen LogP contribution in [0.2, 0.25) is 10.0 Å². The summed E-state index contributed by atoms with van der Waals surface area (Å²) in [6.45, 7) is 5.17. The predicted octanol–water partition coefficient (Wildman–Crippen LogP) is 6.27. The maximum atomic E-state index is 14.0. The molecule has 1 rings (SSSR count). The highest BCUT2D eigenvalue weighted by molar-refractivity contribution is 6.38. The summed E-state index contributed by atoms with van der Waals surface area (Å²) in [6.07, 6.45) is 8.10. The summed E-state index contributed by atoms with van der Waals surface area (Å²) < 4.78 is 19.2. The van der Waals surface area contributed by atoms with Crippen LogP contribution in [0.3, 0.4) is 0 Å². The molecule has 0 spiro atoms. The third-order valence-corrected chi connectivity index (χ3v) is 4.17. The summed E-state index contributed by atoms with van der Waals surface area (Å²) in [6, 6.07) is 1.67. The number of carbonyl (C=O) groups is 1. The van der Waals surface area contributed by atoms with Gasteiger partial charge in [0.25, 0.3) is 0 Å². The molecule has 0 saturated carbocycles.